The second-order valence-electron chi connectivity index (χ2n) is 21.0. The van der Waals surface area contributed by atoms with Crippen molar-refractivity contribution in [3.8, 4) is 22.6 Å². The molecule has 1 saturated carbocycles. The number of primary amides is 1. The van der Waals surface area contributed by atoms with Gasteiger partial charge in [0, 0.05) is 99.5 Å². The maximum Gasteiger partial charge on any atom is 0.329 e. The normalized spacial score (nSPS) is 23.4. The van der Waals surface area contributed by atoms with E-state index in [2.05, 4.69) is 32.8 Å². The lowest BCUT2D eigenvalue weighted by Gasteiger charge is -2.42. The van der Waals surface area contributed by atoms with E-state index in [0.717, 1.165) is 55.2 Å². The van der Waals surface area contributed by atoms with Crippen molar-refractivity contribution in [2.75, 3.05) is 63.9 Å². The van der Waals surface area contributed by atoms with Crippen LogP contribution in [0.3, 0.4) is 0 Å². The van der Waals surface area contributed by atoms with E-state index >= 15 is 13.2 Å². The third kappa shape index (κ3) is 9.60. The van der Waals surface area contributed by atoms with Gasteiger partial charge in [-0.15, -0.1) is 0 Å². The van der Waals surface area contributed by atoms with Gasteiger partial charge in [-0.05, 0) is 111 Å². The Morgan fingerprint density at radius 3 is 2.36 bits per heavy atom. The highest BCUT2D eigenvalue weighted by Gasteiger charge is 2.50. The number of aliphatic hydroxyl groups is 1. The number of carbonyl (C=O) groups is 4. The Kier molecular flexibility index (Phi) is 14.2. The average Bonchev–Trinajstić information content (AvgIpc) is 3.89. The number of aromatic nitrogens is 2. The molecule has 392 valence electrons. The number of anilines is 1. The molecule has 4 fully saturated rings. The number of urea groups is 1. The summed E-state index contributed by atoms with van der Waals surface area (Å²) in [6, 6.07) is 19.3. The number of ether oxygens (including phenoxy) is 2. The largest absolute Gasteiger partial charge is 0.488 e. The van der Waals surface area contributed by atoms with Crippen molar-refractivity contribution in [3.05, 3.63) is 106 Å². The molecule has 5 amide bonds. The lowest BCUT2D eigenvalue weighted by atomic mass is 9.76. The number of halogens is 3. The van der Waals surface area contributed by atoms with E-state index in [1.807, 2.05) is 55.3 Å². The number of likely N-dealkylation sites (tertiary alicyclic amines) is 2. The highest BCUT2D eigenvalue weighted by atomic mass is 19.1. The zero-order chi connectivity index (χ0) is 52.1. The van der Waals surface area contributed by atoms with Gasteiger partial charge in [-0.3, -0.25) is 29.3 Å². The maximum absolute atomic E-state index is 16.6. The summed E-state index contributed by atoms with van der Waals surface area (Å²) in [5.41, 5.74) is 6.71. The maximum atomic E-state index is 16.6. The highest BCUT2D eigenvalue weighted by molar-refractivity contribution is 6.09. The zero-order valence-electron chi connectivity index (χ0n) is 42.2. The first-order valence-electron chi connectivity index (χ1n) is 26.0. The van der Waals surface area contributed by atoms with Gasteiger partial charge in [-0.25, -0.2) is 18.0 Å². The molecule has 5 heterocycles. The fourth-order valence-electron chi connectivity index (χ4n) is 12.4. The molecule has 5 N–H and O–H groups in total. The van der Waals surface area contributed by atoms with Crippen molar-refractivity contribution < 1.29 is 46.9 Å². The quantitative estimate of drug-likeness (QED) is 0.0869. The van der Waals surface area contributed by atoms with E-state index in [-0.39, 0.29) is 83.7 Å². The van der Waals surface area contributed by atoms with E-state index in [1.54, 1.807) is 4.68 Å². The van der Waals surface area contributed by atoms with E-state index in [4.69, 9.17) is 15.2 Å². The Balaban J connectivity index is 0.741. The molecule has 3 saturated heterocycles. The number of nitrogens with one attached hydrogen (secondary N) is 2. The van der Waals surface area contributed by atoms with Gasteiger partial charge < -0.3 is 35.4 Å². The van der Waals surface area contributed by atoms with Crippen molar-refractivity contribution in [3.63, 3.8) is 0 Å². The van der Waals surface area contributed by atoms with E-state index in [9.17, 15) is 24.3 Å². The molecule has 5 aliphatic rings. The van der Waals surface area contributed by atoms with Gasteiger partial charge in [-0.1, -0.05) is 43.3 Å². The topological polar surface area (TPSA) is 185 Å². The number of nitrogens with zero attached hydrogens (tertiary/aromatic N) is 5. The molecule has 5 aromatic rings. The summed E-state index contributed by atoms with van der Waals surface area (Å²) in [5.74, 6) is -2.47. The predicted molar refractivity (Wildman–Crippen MR) is 273 cm³/mol. The summed E-state index contributed by atoms with van der Waals surface area (Å²) in [4.78, 5) is 56.7. The van der Waals surface area contributed by atoms with Gasteiger partial charge in [-0.2, -0.15) is 5.10 Å². The average molecular weight is 1020 g/mol. The van der Waals surface area contributed by atoms with Crippen LogP contribution in [-0.4, -0.2) is 119 Å². The van der Waals surface area contributed by atoms with Gasteiger partial charge in [0.2, 0.25) is 17.7 Å². The Hall–Kier alpha value is -6.50. The van der Waals surface area contributed by atoms with Crippen LogP contribution in [0.2, 0.25) is 0 Å². The summed E-state index contributed by atoms with van der Waals surface area (Å²) in [6.45, 7) is 6.15. The second kappa shape index (κ2) is 20.7. The van der Waals surface area contributed by atoms with Crippen LogP contribution >= 0.6 is 0 Å². The highest BCUT2D eigenvalue weighted by Crippen LogP contribution is 2.56. The molecule has 2 atom stereocenters. The number of alkyl halides is 1. The van der Waals surface area contributed by atoms with Crippen LogP contribution in [0.25, 0.3) is 22.0 Å². The molecule has 74 heavy (non-hydrogen) atoms. The molecule has 0 spiro atoms. The number of hydrogen-bond acceptors (Lipinski definition) is 10. The number of carbonyl (C=O) groups excluding carboxylic acids is 4. The van der Waals surface area contributed by atoms with Gasteiger partial charge in [0.1, 0.15) is 23.8 Å². The van der Waals surface area contributed by atoms with Gasteiger partial charge >= 0.3 is 6.03 Å². The van der Waals surface area contributed by atoms with Crippen LogP contribution in [0.15, 0.2) is 66.7 Å². The molecular weight excluding hydrogens is 954 g/mol. The predicted octanol–water partition coefficient (Wildman–Crippen LogP) is 7.49. The third-order valence-electron chi connectivity index (χ3n) is 16.6. The summed E-state index contributed by atoms with van der Waals surface area (Å²) >= 11 is 0. The fourth-order valence-corrected chi connectivity index (χ4v) is 12.4. The number of imide groups is 1. The minimum Gasteiger partial charge on any atom is -0.488 e. The number of hydrogen-bond donors (Lipinski definition) is 4. The number of fused-ring (bicyclic) bond motifs is 2. The number of amides is 5. The number of aliphatic hydroxyl groups excluding tert-OH is 1. The van der Waals surface area contributed by atoms with Gasteiger partial charge in [0.05, 0.1) is 17.7 Å². The van der Waals surface area contributed by atoms with Crippen LogP contribution in [0.5, 0.6) is 11.5 Å². The second-order valence-corrected chi connectivity index (χ2v) is 21.0. The first-order valence-corrected chi connectivity index (χ1v) is 26.0. The molecule has 0 radical (unpaired) electrons. The summed E-state index contributed by atoms with van der Waals surface area (Å²) < 4.78 is 63.2. The van der Waals surface area contributed by atoms with Gasteiger partial charge in [0.25, 0.3) is 0 Å². The molecule has 4 aliphatic heterocycles. The van der Waals surface area contributed by atoms with Crippen molar-refractivity contribution in [2.24, 2.45) is 18.7 Å². The minimum absolute atomic E-state index is 0.0365. The van der Waals surface area contributed by atoms with Gasteiger partial charge in [0.15, 0.2) is 23.0 Å². The summed E-state index contributed by atoms with van der Waals surface area (Å²) in [5, 5.41) is 21.0. The molecule has 1 aromatic heterocycles. The van der Waals surface area contributed by atoms with E-state index in [0.29, 0.717) is 69.2 Å². The lowest BCUT2D eigenvalue weighted by molar-refractivity contribution is -0.139. The Labute approximate surface area is 428 Å². The smallest absolute Gasteiger partial charge is 0.329 e. The fraction of sp³-hybridized carbons (Fsp3) is 0.482. The van der Waals surface area contributed by atoms with Crippen molar-refractivity contribution in [1.29, 1.82) is 0 Å². The SMILES string of the molecule is Cc1c(F)cc2c(c1-c1c(C(N)=O)ccc(OCCO)c1F)[C@H](C)[C@@](CNC1CCC(C(=O)N3CCC(F)(CN4CCC(c5ccc6c(N7CCC(=O)NC7=O)nn(C)c6c5)CC4)CC3)CC1)(c1ccccc1)O2. The van der Waals surface area contributed by atoms with Crippen molar-refractivity contribution in [1.82, 2.24) is 30.2 Å². The van der Waals surface area contributed by atoms with Crippen LogP contribution < -0.4 is 30.7 Å². The lowest BCUT2D eigenvalue weighted by Crippen LogP contribution is -2.52. The summed E-state index contributed by atoms with van der Waals surface area (Å²) in [7, 11) is 1.85. The molecular formula is C56H65F3N8O7. The molecule has 4 aromatic carbocycles. The zero-order valence-corrected chi connectivity index (χ0v) is 42.2. The third-order valence-corrected chi connectivity index (χ3v) is 16.6. The molecule has 15 nitrogen and oxygen atoms in total. The van der Waals surface area contributed by atoms with Crippen LogP contribution in [0.4, 0.5) is 23.8 Å². The first-order chi connectivity index (χ1) is 35.6. The molecule has 1 aliphatic carbocycles. The molecule has 0 unspecified atom stereocenters. The summed E-state index contributed by atoms with van der Waals surface area (Å²) in [6.07, 6.45) is 5.38. The minimum atomic E-state index is -1.38. The Morgan fingerprint density at radius 1 is 0.946 bits per heavy atom. The monoisotopic (exact) mass is 1020 g/mol. The number of aryl methyl sites for hydroxylation is 1. The number of piperidine rings is 2. The molecule has 0 bridgehead atoms. The van der Waals surface area contributed by atoms with Crippen molar-refractivity contribution >= 4 is 40.5 Å². The van der Waals surface area contributed by atoms with E-state index < -0.39 is 40.8 Å². The van der Waals surface area contributed by atoms with E-state index in [1.165, 1.54) is 35.6 Å². The molecule has 18 heteroatoms. The van der Waals surface area contributed by atoms with Crippen LogP contribution in [-0.2, 0) is 22.2 Å². The van der Waals surface area contributed by atoms with Crippen molar-refractivity contribution in [2.45, 2.75) is 101 Å². The molecule has 10 rings (SSSR count). The standard InChI is InChI=1S/C56H65F3N8O7/c1-33-42(57)30-45-48(47(33)49-41(51(60)70)15-16-44(50(49)58)73-28-27-68)34(2)56(74-45,38-7-5-4-6-8-38)31-61-39-12-9-36(10-13-39)53(71)66-25-20-55(59,21-26-66)32-65-22-17-35(18-23-65)37-11-14-40-43(29-37)64(3)63-52(40)67-24-19-46(69)62-54(67)72/h4-8,11,14-16,29-30,34-36,39,61,68H,9-10,12-13,17-28,31-32H2,1-3H3,(H2,60,70)(H,62,69,72)/t34-,36?,39?,56-/m0/s1. The van der Waals surface area contributed by atoms with Crippen LogP contribution in [0, 0.1) is 24.5 Å². The number of nitrogens with two attached hydrogens (primary N) is 1. The number of rotatable bonds is 14. The van der Waals surface area contributed by atoms with Crippen LogP contribution in [0.1, 0.15) is 109 Å². The number of benzene rings is 4. The first kappa shape index (κ1) is 51.0. The Bertz CT molecular complexity index is 2970. The Morgan fingerprint density at radius 2 is 1.68 bits per heavy atom.